The minimum absolute atomic E-state index is 0.308. The molecular formula is C22H22N2O5S. The summed E-state index contributed by atoms with van der Waals surface area (Å²) in [6, 6.07) is 14.7. The first-order chi connectivity index (χ1) is 14.4. The Morgan fingerprint density at radius 1 is 1.20 bits per heavy atom. The van der Waals surface area contributed by atoms with Gasteiger partial charge in [0.2, 0.25) is 11.8 Å². The molecule has 0 fully saturated rings. The Bertz CT molecular complexity index is 1200. The molecule has 3 aromatic rings. The summed E-state index contributed by atoms with van der Waals surface area (Å²) in [7, 11) is -2.15. The first-order valence-electron chi connectivity index (χ1n) is 9.56. The van der Waals surface area contributed by atoms with E-state index in [0.29, 0.717) is 35.2 Å². The lowest BCUT2D eigenvalue weighted by Gasteiger charge is -2.17. The van der Waals surface area contributed by atoms with Crippen molar-refractivity contribution in [2.45, 2.75) is 19.1 Å². The molecule has 0 bridgehead atoms. The second-order valence-electron chi connectivity index (χ2n) is 7.21. The lowest BCUT2D eigenvalue weighted by Crippen LogP contribution is -2.34. The smallest absolute Gasteiger partial charge is 0.242 e. The van der Waals surface area contributed by atoms with Crippen molar-refractivity contribution in [3.05, 3.63) is 65.5 Å². The van der Waals surface area contributed by atoms with Crippen LogP contribution in [-0.4, -0.2) is 38.7 Å². The molecule has 7 nitrogen and oxygen atoms in total. The van der Waals surface area contributed by atoms with Gasteiger partial charge in [0, 0.05) is 17.8 Å². The van der Waals surface area contributed by atoms with E-state index < -0.39 is 21.5 Å². The number of sulfone groups is 1. The summed E-state index contributed by atoms with van der Waals surface area (Å²) in [5.74, 6) is 0.0326. The van der Waals surface area contributed by atoms with Crippen LogP contribution in [0, 0.1) is 6.92 Å². The molecule has 2 heterocycles. The number of carbonyl (C=O) groups excluding carboxylic acids is 1. The fourth-order valence-electron chi connectivity index (χ4n) is 3.56. The van der Waals surface area contributed by atoms with Crippen molar-refractivity contribution in [3.63, 3.8) is 0 Å². The van der Waals surface area contributed by atoms with Gasteiger partial charge in [-0.15, -0.1) is 0 Å². The summed E-state index contributed by atoms with van der Waals surface area (Å²) in [6.45, 7) is 2.16. The number of aryl methyl sites for hydroxylation is 1. The van der Waals surface area contributed by atoms with Gasteiger partial charge in [-0.1, -0.05) is 24.3 Å². The van der Waals surface area contributed by atoms with Gasteiger partial charge in [0.05, 0.1) is 18.6 Å². The molecule has 30 heavy (non-hydrogen) atoms. The summed E-state index contributed by atoms with van der Waals surface area (Å²) in [6.07, 6.45) is 0.730. The van der Waals surface area contributed by atoms with Crippen molar-refractivity contribution >= 4 is 21.4 Å². The van der Waals surface area contributed by atoms with Crippen LogP contribution in [0.1, 0.15) is 17.0 Å². The average molecular weight is 426 g/mol. The van der Waals surface area contributed by atoms with Crippen LogP contribution in [0.2, 0.25) is 0 Å². The average Bonchev–Trinajstić information content (AvgIpc) is 3.31. The zero-order valence-electron chi connectivity index (χ0n) is 16.8. The molecule has 1 aromatic heterocycles. The zero-order chi connectivity index (χ0) is 21.3. The quantitative estimate of drug-likeness (QED) is 0.601. The summed E-state index contributed by atoms with van der Waals surface area (Å²) in [5, 5.41) is 0. The van der Waals surface area contributed by atoms with Gasteiger partial charge >= 0.3 is 0 Å². The van der Waals surface area contributed by atoms with E-state index in [4.69, 9.17) is 9.15 Å². The normalized spacial score (nSPS) is 13.3. The van der Waals surface area contributed by atoms with Crippen LogP contribution in [0.15, 0.2) is 52.9 Å². The third-order valence-electron chi connectivity index (χ3n) is 5.10. The Hall–Kier alpha value is -3.13. The number of oxazole rings is 1. The van der Waals surface area contributed by atoms with Crippen LogP contribution in [0.4, 0.5) is 5.69 Å². The number of rotatable bonds is 6. The maximum Gasteiger partial charge on any atom is 0.242 e. The van der Waals surface area contributed by atoms with Crippen LogP contribution >= 0.6 is 0 Å². The lowest BCUT2D eigenvalue weighted by molar-refractivity contribution is -0.116. The molecular weight excluding hydrogens is 404 g/mol. The maximum atomic E-state index is 12.7. The standard InChI is InChI=1S/C22H22N2O5S/c1-15-19(23-22(29-15)17-7-5-8-18(12-17)28-2)13-30(26,27)14-21(25)24-11-10-16-6-3-4-9-20(16)24/h3-9,12H,10-11,13-14H2,1-2H3. The molecule has 2 aromatic carbocycles. The molecule has 1 aliphatic heterocycles. The van der Waals surface area contributed by atoms with E-state index in [0.717, 1.165) is 17.7 Å². The van der Waals surface area contributed by atoms with Crippen molar-refractivity contribution in [2.24, 2.45) is 0 Å². The second-order valence-corrected chi connectivity index (χ2v) is 9.27. The number of carbonyl (C=O) groups is 1. The van der Waals surface area contributed by atoms with Gasteiger partial charge < -0.3 is 14.1 Å². The van der Waals surface area contributed by atoms with Crippen LogP contribution in [0.5, 0.6) is 5.75 Å². The summed E-state index contributed by atoms with van der Waals surface area (Å²) in [5.41, 5.74) is 2.84. The van der Waals surface area contributed by atoms with E-state index in [9.17, 15) is 13.2 Å². The maximum absolute atomic E-state index is 12.7. The van der Waals surface area contributed by atoms with Crippen molar-refractivity contribution in [3.8, 4) is 17.2 Å². The first kappa shape index (κ1) is 20.2. The van der Waals surface area contributed by atoms with E-state index in [-0.39, 0.29) is 5.75 Å². The Morgan fingerprint density at radius 2 is 2.00 bits per heavy atom. The van der Waals surface area contributed by atoms with E-state index in [2.05, 4.69) is 4.98 Å². The highest BCUT2D eigenvalue weighted by atomic mass is 32.2. The number of anilines is 1. The lowest BCUT2D eigenvalue weighted by atomic mass is 10.2. The number of fused-ring (bicyclic) bond motifs is 1. The molecule has 0 atom stereocenters. The minimum atomic E-state index is -3.72. The first-order valence-corrected chi connectivity index (χ1v) is 11.4. The fourth-order valence-corrected chi connectivity index (χ4v) is 4.88. The largest absolute Gasteiger partial charge is 0.497 e. The number of aromatic nitrogens is 1. The Balaban J connectivity index is 1.50. The Morgan fingerprint density at radius 3 is 2.80 bits per heavy atom. The zero-order valence-corrected chi connectivity index (χ0v) is 17.6. The van der Waals surface area contributed by atoms with Gasteiger partial charge in [-0.05, 0) is 43.2 Å². The number of benzene rings is 2. The van der Waals surface area contributed by atoms with Crippen molar-refractivity contribution in [2.75, 3.05) is 24.3 Å². The summed E-state index contributed by atoms with van der Waals surface area (Å²) >= 11 is 0. The number of ether oxygens (including phenoxy) is 1. The molecule has 156 valence electrons. The Labute approximate surface area is 175 Å². The predicted octanol–water partition coefficient (Wildman–Crippen LogP) is 3.16. The highest BCUT2D eigenvalue weighted by Crippen LogP contribution is 2.29. The third kappa shape index (κ3) is 4.09. The molecule has 0 unspecified atom stereocenters. The van der Waals surface area contributed by atoms with Crippen LogP contribution < -0.4 is 9.64 Å². The molecule has 1 amide bonds. The number of methoxy groups -OCH3 is 1. The van der Waals surface area contributed by atoms with Crippen LogP contribution in [0.3, 0.4) is 0 Å². The van der Waals surface area contributed by atoms with Crippen molar-refractivity contribution in [1.82, 2.24) is 4.98 Å². The SMILES string of the molecule is COc1cccc(-c2nc(CS(=O)(=O)CC(=O)N3CCc4ccccc43)c(C)o2)c1. The minimum Gasteiger partial charge on any atom is -0.497 e. The highest BCUT2D eigenvalue weighted by Gasteiger charge is 2.29. The van der Waals surface area contributed by atoms with Gasteiger partial charge in [-0.25, -0.2) is 13.4 Å². The van der Waals surface area contributed by atoms with Crippen molar-refractivity contribution in [1.29, 1.82) is 0 Å². The second kappa shape index (κ2) is 7.95. The molecule has 0 N–H and O–H groups in total. The number of hydrogen-bond acceptors (Lipinski definition) is 6. The Kier molecular flexibility index (Phi) is 5.34. The molecule has 4 rings (SSSR count). The van der Waals surface area contributed by atoms with Crippen molar-refractivity contribution < 1.29 is 22.4 Å². The highest BCUT2D eigenvalue weighted by molar-refractivity contribution is 7.91. The van der Waals surface area contributed by atoms with Crippen LogP contribution in [0.25, 0.3) is 11.5 Å². The molecule has 0 saturated heterocycles. The van der Waals surface area contributed by atoms with E-state index >= 15 is 0 Å². The monoisotopic (exact) mass is 426 g/mol. The van der Waals surface area contributed by atoms with E-state index in [1.807, 2.05) is 24.3 Å². The van der Waals surface area contributed by atoms with E-state index in [1.165, 1.54) is 0 Å². The van der Waals surface area contributed by atoms with Gasteiger partial charge in [0.15, 0.2) is 9.84 Å². The van der Waals surface area contributed by atoms with Crippen LogP contribution in [-0.2, 0) is 26.8 Å². The molecule has 0 aliphatic carbocycles. The summed E-state index contributed by atoms with van der Waals surface area (Å²) < 4.78 is 36.3. The molecule has 1 aliphatic rings. The molecule has 8 heteroatoms. The van der Waals surface area contributed by atoms with Gasteiger partial charge in [-0.2, -0.15) is 0 Å². The van der Waals surface area contributed by atoms with E-state index in [1.54, 1.807) is 43.2 Å². The van der Waals surface area contributed by atoms with Gasteiger partial charge in [0.25, 0.3) is 0 Å². The number of hydrogen-bond donors (Lipinski definition) is 0. The third-order valence-corrected chi connectivity index (χ3v) is 6.50. The summed E-state index contributed by atoms with van der Waals surface area (Å²) in [4.78, 5) is 18.6. The predicted molar refractivity (Wildman–Crippen MR) is 113 cm³/mol. The molecule has 0 radical (unpaired) electrons. The number of amides is 1. The molecule has 0 spiro atoms. The number of nitrogens with zero attached hydrogens (tertiary/aromatic N) is 2. The van der Waals surface area contributed by atoms with Gasteiger partial charge in [0.1, 0.15) is 17.3 Å². The molecule has 0 saturated carbocycles. The topological polar surface area (TPSA) is 89.7 Å². The fraction of sp³-hybridized carbons (Fsp3) is 0.273. The van der Waals surface area contributed by atoms with Gasteiger partial charge in [-0.3, -0.25) is 4.79 Å². The number of para-hydroxylation sites is 1.